The Morgan fingerprint density at radius 3 is 3.00 bits per heavy atom. The van der Waals surface area contributed by atoms with Gasteiger partial charge >= 0.3 is 0 Å². The second kappa shape index (κ2) is 6.21. The van der Waals surface area contributed by atoms with E-state index in [1.807, 2.05) is 6.92 Å². The molecule has 100 valence electrons. The summed E-state index contributed by atoms with van der Waals surface area (Å²) >= 11 is 0. The van der Waals surface area contributed by atoms with Gasteiger partial charge < -0.3 is 14.8 Å². The lowest BCUT2D eigenvalue weighted by atomic mass is 10.1. The molecule has 0 amide bonds. The molecular weight excluding hydrogens is 226 g/mol. The highest BCUT2D eigenvalue weighted by Gasteiger charge is 2.24. The van der Waals surface area contributed by atoms with Gasteiger partial charge in [-0.25, -0.2) is 0 Å². The number of hydrogen-bond acceptors (Lipinski definition) is 3. The van der Waals surface area contributed by atoms with Crippen LogP contribution in [0.5, 0.6) is 5.75 Å². The van der Waals surface area contributed by atoms with E-state index in [4.69, 9.17) is 9.47 Å². The molecule has 0 spiro atoms. The topological polar surface area (TPSA) is 30.5 Å². The molecule has 0 saturated carbocycles. The Labute approximate surface area is 109 Å². The van der Waals surface area contributed by atoms with Crippen molar-refractivity contribution in [3.8, 4) is 5.75 Å². The predicted octanol–water partition coefficient (Wildman–Crippen LogP) is 2.70. The summed E-state index contributed by atoms with van der Waals surface area (Å²) in [5, 5.41) is 3.52. The van der Waals surface area contributed by atoms with Crippen molar-refractivity contribution in [2.45, 2.75) is 38.8 Å². The molecule has 2 unspecified atom stereocenters. The van der Waals surface area contributed by atoms with Crippen molar-refractivity contribution < 1.29 is 9.47 Å². The largest absolute Gasteiger partial charge is 0.491 e. The fourth-order valence-electron chi connectivity index (χ4n) is 2.49. The maximum absolute atomic E-state index is 5.88. The van der Waals surface area contributed by atoms with Gasteiger partial charge in [-0.15, -0.1) is 0 Å². The van der Waals surface area contributed by atoms with Crippen molar-refractivity contribution in [2.75, 3.05) is 20.3 Å². The van der Waals surface area contributed by atoms with Crippen LogP contribution in [0, 0.1) is 0 Å². The van der Waals surface area contributed by atoms with Gasteiger partial charge in [0.1, 0.15) is 12.4 Å². The van der Waals surface area contributed by atoms with E-state index in [1.165, 1.54) is 17.5 Å². The molecule has 0 heterocycles. The van der Waals surface area contributed by atoms with E-state index in [-0.39, 0.29) is 6.10 Å². The Morgan fingerprint density at radius 1 is 1.44 bits per heavy atom. The zero-order valence-electron chi connectivity index (χ0n) is 11.5. The quantitative estimate of drug-likeness (QED) is 0.841. The Balaban J connectivity index is 2.09. The first-order valence-corrected chi connectivity index (χ1v) is 6.77. The SMILES string of the molecule is CCNC1CCc2c(OCC(C)OC)cccc21. The van der Waals surface area contributed by atoms with Gasteiger partial charge in [0.15, 0.2) is 0 Å². The number of fused-ring (bicyclic) bond motifs is 1. The highest BCUT2D eigenvalue weighted by Crippen LogP contribution is 2.36. The fourth-order valence-corrected chi connectivity index (χ4v) is 2.49. The molecule has 2 atom stereocenters. The van der Waals surface area contributed by atoms with Gasteiger partial charge in [0.25, 0.3) is 0 Å². The third kappa shape index (κ3) is 2.85. The highest BCUT2D eigenvalue weighted by atomic mass is 16.5. The van der Waals surface area contributed by atoms with Crippen LogP contribution >= 0.6 is 0 Å². The summed E-state index contributed by atoms with van der Waals surface area (Å²) in [5.74, 6) is 1.02. The average molecular weight is 249 g/mol. The monoisotopic (exact) mass is 249 g/mol. The van der Waals surface area contributed by atoms with E-state index < -0.39 is 0 Å². The van der Waals surface area contributed by atoms with E-state index in [1.54, 1.807) is 7.11 Å². The molecular formula is C15H23NO2. The minimum Gasteiger partial charge on any atom is -0.491 e. The summed E-state index contributed by atoms with van der Waals surface area (Å²) in [6.07, 6.45) is 2.40. The van der Waals surface area contributed by atoms with Crippen LogP contribution < -0.4 is 10.1 Å². The third-order valence-corrected chi connectivity index (χ3v) is 3.55. The van der Waals surface area contributed by atoms with Gasteiger partial charge in [-0.2, -0.15) is 0 Å². The summed E-state index contributed by atoms with van der Waals surface area (Å²) in [4.78, 5) is 0. The number of ether oxygens (including phenoxy) is 2. The Hall–Kier alpha value is -1.06. The minimum absolute atomic E-state index is 0.131. The maximum Gasteiger partial charge on any atom is 0.122 e. The lowest BCUT2D eigenvalue weighted by Crippen LogP contribution is -2.18. The molecule has 0 aromatic heterocycles. The van der Waals surface area contributed by atoms with Gasteiger partial charge in [-0.05, 0) is 43.5 Å². The predicted molar refractivity (Wildman–Crippen MR) is 73.1 cm³/mol. The molecule has 1 aromatic carbocycles. The summed E-state index contributed by atoms with van der Waals surface area (Å²) in [7, 11) is 1.71. The summed E-state index contributed by atoms with van der Waals surface area (Å²) in [6, 6.07) is 6.85. The number of hydrogen-bond donors (Lipinski definition) is 1. The van der Waals surface area contributed by atoms with Gasteiger partial charge in [-0.3, -0.25) is 0 Å². The first-order chi connectivity index (χ1) is 8.76. The summed E-state index contributed by atoms with van der Waals surface area (Å²) in [6.45, 7) is 5.79. The van der Waals surface area contributed by atoms with Crippen LogP contribution in [0.1, 0.15) is 37.4 Å². The molecule has 1 N–H and O–H groups in total. The standard InChI is InChI=1S/C15H23NO2/c1-4-16-14-9-8-13-12(14)6-5-7-15(13)18-10-11(2)17-3/h5-7,11,14,16H,4,8-10H2,1-3H3. The fraction of sp³-hybridized carbons (Fsp3) is 0.600. The number of rotatable bonds is 6. The normalized spacial score (nSPS) is 19.6. The molecule has 18 heavy (non-hydrogen) atoms. The summed E-state index contributed by atoms with van der Waals surface area (Å²) in [5.41, 5.74) is 2.77. The molecule has 0 radical (unpaired) electrons. The lowest BCUT2D eigenvalue weighted by molar-refractivity contribution is 0.0713. The van der Waals surface area contributed by atoms with E-state index in [2.05, 4.69) is 30.4 Å². The summed E-state index contributed by atoms with van der Waals surface area (Å²) < 4.78 is 11.1. The van der Waals surface area contributed by atoms with E-state index in [9.17, 15) is 0 Å². The van der Waals surface area contributed by atoms with E-state index in [0.29, 0.717) is 12.6 Å². The van der Waals surface area contributed by atoms with Crippen molar-refractivity contribution in [1.82, 2.24) is 5.32 Å². The van der Waals surface area contributed by atoms with Crippen molar-refractivity contribution in [3.63, 3.8) is 0 Å². The van der Waals surface area contributed by atoms with Crippen LogP contribution in [0.15, 0.2) is 18.2 Å². The number of nitrogens with one attached hydrogen (secondary N) is 1. The molecule has 0 fully saturated rings. The van der Waals surface area contributed by atoms with Crippen molar-refractivity contribution >= 4 is 0 Å². The van der Waals surface area contributed by atoms with Gasteiger partial charge in [0.2, 0.25) is 0 Å². The van der Waals surface area contributed by atoms with Gasteiger partial charge in [-0.1, -0.05) is 19.1 Å². The Morgan fingerprint density at radius 2 is 2.28 bits per heavy atom. The zero-order chi connectivity index (χ0) is 13.0. The molecule has 2 rings (SSSR count). The molecule has 0 saturated heterocycles. The van der Waals surface area contributed by atoms with E-state index >= 15 is 0 Å². The van der Waals surface area contributed by atoms with Crippen LogP contribution in [-0.4, -0.2) is 26.4 Å². The molecule has 3 heteroatoms. The minimum atomic E-state index is 0.131. The van der Waals surface area contributed by atoms with Gasteiger partial charge in [0, 0.05) is 13.2 Å². The smallest absolute Gasteiger partial charge is 0.122 e. The zero-order valence-corrected chi connectivity index (χ0v) is 11.5. The first-order valence-electron chi connectivity index (χ1n) is 6.77. The van der Waals surface area contributed by atoms with Crippen molar-refractivity contribution in [1.29, 1.82) is 0 Å². The van der Waals surface area contributed by atoms with Crippen LogP contribution in [0.2, 0.25) is 0 Å². The maximum atomic E-state index is 5.88. The Bertz CT molecular complexity index is 392. The second-order valence-electron chi connectivity index (χ2n) is 4.83. The van der Waals surface area contributed by atoms with Crippen LogP contribution in [0.3, 0.4) is 0 Å². The second-order valence-corrected chi connectivity index (χ2v) is 4.83. The number of methoxy groups -OCH3 is 1. The first kappa shape index (κ1) is 13.4. The number of benzene rings is 1. The van der Waals surface area contributed by atoms with E-state index in [0.717, 1.165) is 18.7 Å². The van der Waals surface area contributed by atoms with Crippen LogP contribution in [-0.2, 0) is 11.2 Å². The Kier molecular flexibility index (Phi) is 4.61. The van der Waals surface area contributed by atoms with Gasteiger partial charge in [0.05, 0.1) is 6.10 Å². The molecule has 1 aliphatic rings. The van der Waals surface area contributed by atoms with Crippen LogP contribution in [0.4, 0.5) is 0 Å². The van der Waals surface area contributed by atoms with Crippen LogP contribution in [0.25, 0.3) is 0 Å². The molecule has 0 bridgehead atoms. The highest BCUT2D eigenvalue weighted by molar-refractivity contribution is 5.45. The lowest BCUT2D eigenvalue weighted by Gasteiger charge is -2.16. The molecule has 1 aliphatic carbocycles. The average Bonchev–Trinajstić information content (AvgIpc) is 2.80. The molecule has 3 nitrogen and oxygen atoms in total. The molecule has 1 aromatic rings. The van der Waals surface area contributed by atoms with Crippen molar-refractivity contribution in [2.24, 2.45) is 0 Å². The third-order valence-electron chi connectivity index (χ3n) is 3.55. The molecule has 0 aliphatic heterocycles. The van der Waals surface area contributed by atoms with Crippen molar-refractivity contribution in [3.05, 3.63) is 29.3 Å².